The lowest BCUT2D eigenvalue weighted by Gasteiger charge is -2.15. The minimum atomic E-state index is -4.57. The molecule has 0 aliphatic heterocycles. The number of nitrogens with zero attached hydrogens (tertiary/aromatic N) is 4. The molecule has 15 heteroatoms. The Kier molecular flexibility index (Phi) is 5.79. The topological polar surface area (TPSA) is 112 Å². The van der Waals surface area contributed by atoms with Crippen molar-refractivity contribution in [3.8, 4) is 6.01 Å². The SMILES string of the molecule is O=c1n(CCF)c2cc(F)c(S(=O)(=O)NC(CF)C3CC3)cc2n1-c1nnc(C(F)F)o1. The number of imidazole rings is 1. The molecule has 4 rings (SSSR count). The van der Waals surface area contributed by atoms with Gasteiger partial charge in [0.15, 0.2) is 0 Å². The van der Waals surface area contributed by atoms with Crippen LogP contribution in [0.25, 0.3) is 17.0 Å². The van der Waals surface area contributed by atoms with Crippen molar-refractivity contribution in [3.05, 3.63) is 34.3 Å². The Bertz CT molecular complexity index is 1310. The van der Waals surface area contributed by atoms with Crippen LogP contribution in [0.5, 0.6) is 0 Å². The molecule has 0 saturated heterocycles. The summed E-state index contributed by atoms with van der Waals surface area (Å²) in [6.45, 7) is -2.56. The van der Waals surface area contributed by atoms with Gasteiger partial charge in [-0.3, -0.25) is 4.57 Å². The molecule has 0 amide bonds. The number of sulfonamides is 1. The number of aryl methyl sites for hydroxylation is 1. The van der Waals surface area contributed by atoms with Gasteiger partial charge >= 0.3 is 18.1 Å². The number of rotatable bonds is 9. The van der Waals surface area contributed by atoms with Crippen molar-refractivity contribution < 1.29 is 34.8 Å². The lowest BCUT2D eigenvalue weighted by Crippen LogP contribution is -2.38. The Morgan fingerprint density at radius 2 is 1.91 bits per heavy atom. The smallest absolute Gasteiger partial charge is 0.337 e. The zero-order chi connectivity index (χ0) is 23.2. The third kappa shape index (κ3) is 3.90. The summed E-state index contributed by atoms with van der Waals surface area (Å²) >= 11 is 0. The molecule has 0 bridgehead atoms. The molecule has 1 fully saturated rings. The van der Waals surface area contributed by atoms with Crippen molar-refractivity contribution in [1.82, 2.24) is 24.1 Å². The summed E-state index contributed by atoms with van der Waals surface area (Å²) < 4.78 is 100. The highest BCUT2D eigenvalue weighted by atomic mass is 32.2. The van der Waals surface area contributed by atoms with Crippen LogP contribution >= 0.6 is 0 Å². The summed E-state index contributed by atoms with van der Waals surface area (Å²) in [4.78, 5) is 11.8. The van der Waals surface area contributed by atoms with Crippen LogP contribution in [0, 0.1) is 11.7 Å². The predicted molar refractivity (Wildman–Crippen MR) is 99.1 cm³/mol. The van der Waals surface area contributed by atoms with Crippen molar-refractivity contribution >= 4 is 21.1 Å². The number of nitrogens with one attached hydrogen (secondary N) is 1. The third-order valence-corrected chi connectivity index (χ3v) is 6.56. The van der Waals surface area contributed by atoms with Gasteiger partial charge in [0.1, 0.15) is 24.1 Å². The van der Waals surface area contributed by atoms with Gasteiger partial charge in [-0.1, -0.05) is 5.10 Å². The molecule has 2 aromatic heterocycles. The van der Waals surface area contributed by atoms with E-state index < -0.39 is 70.7 Å². The number of aromatic nitrogens is 4. The van der Waals surface area contributed by atoms with E-state index >= 15 is 0 Å². The lowest BCUT2D eigenvalue weighted by molar-refractivity contribution is 0.115. The normalized spacial score (nSPS) is 15.7. The van der Waals surface area contributed by atoms with Crippen LogP contribution in [0.15, 0.2) is 26.2 Å². The van der Waals surface area contributed by atoms with Gasteiger partial charge in [0.2, 0.25) is 10.0 Å². The van der Waals surface area contributed by atoms with E-state index in [1.807, 2.05) is 0 Å². The Balaban J connectivity index is 1.90. The second-order valence-corrected chi connectivity index (χ2v) is 8.86. The number of hydrogen-bond donors (Lipinski definition) is 1. The van der Waals surface area contributed by atoms with Crippen molar-refractivity contribution in [2.75, 3.05) is 13.3 Å². The summed E-state index contributed by atoms with van der Waals surface area (Å²) in [5, 5.41) is 6.46. The molecule has 0 radical (unpaired) electrons. The summed E-state index contributed by atoms with van der Waals surface area (Å²) in [5.74, 6) is -2.59. The largest absolute Gasteiger partial charge is 0.401 e. The molecule has 1 unspecified atom stereocenters. The molecule has 1 aliphatic rings. The first-order valence-electron chi connectivity index (χ1n) is 9.39. The molecule has 32 heavy (non-hydrogen) atoms. The summed E-state index contributed by atoms with van der Waals surface area (Å²) in [6, 6.07) is -0.352. The maximum atomic E-state index is 14.8. The third-order valence-electron chi connectivity index (χ3n) is 5.05. The maximum Gasteiger partial charge on any atom is 0.337 e. The van der Waals surface area contributed by atoms with Crippen LogP contribution in [-0.4, -0.2) is 47.1 Å². The van der Waals surface area contributed by atoms with E-state index in [1.54, 1.807) is 0 Å². The highest BCUT2D eigenvalue weighted by molar-refractivity contribution is 7.89. The standard InChI is InChI=1S/C17H16F5N5O4S/c18-3-4-26-11-5-9(20)13(32(29,30)25-10(7-19)8-1-2-8)6-12(11)27(17(26)28)16-24-23-15(31-16)14(21)22/h5-6,8,10,14,25H,1-4,7H2. The minimum absolute atomic E-state index is 0.212. The van der Waals surface area contributed by atoms with Gasteiger partial charge in [-0.25, -0.2) is 35.7 Å². The number of fused-ring (bicyclic) bond motifs is 1. The van der Waals surface area contributed by atoms with Gasteiger partial charge in [0.25, 0.3) is 5.89 Å². The number of halogens is 5. The highest BCUT2D eigenvalue weighted by Gasteiger charge is 2.35. The second-order valence-electron chi connectivity index (χ2n) is 7.17. The fourth-order valence-electron chi connectivity index (χ4n) is 3.37. The fourth-order valence-corrected chi connectivity index (χ4v) is 4.73. The Morgan fingerprint density at radius 3 is 2.47 bits per heavy atom. The van der Waals surface area contributed by atoms with Gasteiger partial charge in [-0.05, 0) is 24.8 Å². The summed E-state index contributed by atoms with van der Waals surface area (Å²) in [5.41, 5.74) is -1.58. The Morgan fingerprint density at radius 1 is 1.19 bits per heavy atom. The second kappa shape index (κ2) is 8.27. The van der Waals surface area contributed by atoms with Gasteiger partial charge < -0.3 is 4.42 Å². The molecule has 1 N–H and O–H groups in total. The molecule has 1 atom stereocenters. The number of alkyl halides is 4. The van der Waals surface area contributed by atoms with E-state index in [2.05, 4.69) is 14.9 Å². The number of hydrogen-bond acceptors (Lipinski definition) is 6. The summed E-state index contributed by atoms with van der Waals surface area (Å²) in [7, 11) is -4.57. The van der Waals surface area contributed by atoms with Crippen molar-refractivity contribution in [2.45, 2.75) is 36.7 Å². The average Bonchev–Trinajstić information content (AvgIpc) is 3.41. The van der Waals surface area contributed by atoms with Gasteiger partial charge in [0, 0.05) is 6.07 Å². The van der Waals surface area contributed by atoms with Crippen LogP contribution in [-0.2, 0) is 16.6 Å². The van der Waals surface area contributed by atoms with E-state index in [0.717, 1.165) is 10.6 Å². The Labute approximate surface area is 176 Å². The maximum absolute atomic E-state index is 14.8. The van der Waals surface area contributed by atoms with E-state index in [1.165, 1.54) is 0 Å². The predicted octanol–water partition coefficient (Wildman–Crippen LogP) is 2.25. The molecular weight excluding hydrogens is 465 g/mol. The van der Waals surface area contributed by atoms with Crippen LogP contribution in [0.1, 0.15) is 25.2 Å². The first-order chi connectivity index (χ1) is 15.2. The molecule has 1 aromatic carbocycles. The molecule has 3 aromatic rings. The minimum Gasteiger partial charge on any atom is -0.401 e. The first-order valence-corrected chi connectivity index (χ1v) is 10.9. The summed E-state index contributed by atoms with van der Waals surface area (Å²) in [6.07, 6.45) is -1.91. The van der Waals surface area contributed by atoms with Crippen molar-refractivity contribution in [1.29, 1.82) is 0 Å². The quantitative estimate of drug-likeness (QED) is 0.470. The van der Waals surface area contributed by atoms with Crippen molar-refractivity contribution in [2.24, 2.45) is 5.92 Å². The van der Waals surface area contributed by atoms with E-state index in [0.29, 0.717) is 23.5 Å². The average molecular weight is 481 g/mol. The van der Waals surface area contributed by atoms with Crippen LogP contribution < -0.4 is 10.4 Å². The molecule has 174 valence electrons. The molecule has 9 nitrogen and oxygen atoms in total. The van der Waals surface area contributed by atoms with E-state index in [4.69, 9.17) is 4.42 Å². The van der Waals surface area contributed by atoms with E-state index in [-0.39, 0.29) is 17.0 Å². The van der Waals surface area contributed by atoms with Crippen LogP contribution in [0.4, 0.5) is 22.0 Å². The number of benzene rings is 1. The zero-order valence-corrected chi connectivity index (χ0v) is 17.0. The lowest BCUT2D eigenvalue weighted by atomic mass is 10.2. The fraction of sp³-hybridized carbons (Fsp3) is 0.471. The molecule has 1 saturated carbocycles. The van der Waals surface area contributed by atoms with Gasteiger partial charge in [0.05, 0.1) is 23.6 Å². The van der Waals surface area contributed by atoms with E-state index in [9.17, 15) is 35.2 Å². The first kappa shape index (κ1) is 22.4. The zero-order valence-electron chi connectivity index (χ0n) is 16.1. The van der Waals surface area contributed by atoms with Crippen molar-refractivity contribution in [3.63, 3.8) is 0 Å². The van der Waals surface area contributed by atoms with Gasteiger partial charge in [-0.15, -0.1) is 5.10 Å². The highest BCUT2D eigenvalue weighted by Crippen LogP contribution is 2.34. The molecular formula is C17H16F5N5O4S. The van der Waals surface area contributed by atoms with Crippen LogP contribution in [0.3, 0.4) is 0 Å². The Hall–Kier alpha value is -2.81. The molecule has 0 spiro atoms. The van der Waals surface area contributed by atoms with Gasteiger partial charge in [-0.2, -0.15) is 8.78 Å². The molecule has 1 aliphatic carbocycles. The molecule has 2 heterocycles. The monoisotopic (exact) mass is 481 g/mol. The van der Waals surface area contributed by atoms with Crippen LogP contribution in [0.2, 0.25) is 0 Å².